The van der Waals surface area contributed by atoms with Gasteiger partial charge in [0.2, 0.25) is 0 Å². The molecule has 0 saturated heterocycles. The van der Waals surface area contributed by atoms with Crippen molar-refractivity contribution in [2.24, 2.45) is 0 Å². The number of hydrogen-bond donors (Lipinski definition) is 1. The Labute approximate surface area is 123 Å². The highest BCUT2D eigenvalue weighted by molar-refractivity contribution is 5.80. The SMILES string of the molecule is CCCNC(C)(CCCOC(C)COCC)C(=O)OC. The van der Waals surface area contributed by atoms with Crippen molar-refractivity contribution in [3.8, 4) is 0 Å². The zero-order chi connectivity index (χ0) is 15.4. The van der Waals surface area contributed by atoms with Crippen LogP contribution < -0.4 is 5.32 Å². The molecule has 0 bridgehead atoms. The average Bonchev–Trinajstić information content (AvgIpc) is 2.46. The fourth-order valence-corrected chi connectivity index (χ4v) is 1.93. The maximum absolute atomic E-state index is 11.9. The summed E-state index contributed by atoms with van der Waals surface area (Å²) in [7, 11) is 1.43. The summed E-state index contributed by atoms with van der Waals surface area (Å²) >= 11 is 0. The summed E-state index contributed by atoms with van der Waals surface area (Å²) in [6.45, 7) is 10.6. The zero-order valence-electron chi connectivity index (χ0n) is 13.7. The van der Waals surface area contributed by atoms with E-state index in [2.05, 4.69) is 12.2 Å². The molecule has 5 nitrogen and oxygen atoms in total. The van der Waals surface area contributed by atoms with Crippen LogP contribution in [0.1, 0.15) is 47.0 Å². The molecule has 0 aromatic heterocycles. The van der Waals surface area contributed by atoms with Crippen LogP contribution in [0.5, 0.6) is 0 Å². The quantitative estimate of drug-likeness (QED) is 0.440. The second-order valence-corrected chi connectivity index (χ2v) is 5.19. The lowest BCUT2D eigenvalue weighted by molar-refractivity contribution is -0.148. The van der Waals surface area contributed by atoms with Crippen molar-refractivity contribution in [3.63, 3.8) is 0 Å². The summed E-state index contributed by atoms with van der Waals surface area (Å²) in [6, 6.07) is 0. The average molecular weight is 289 g/mol. The first-order valence-corrected chi connectivity index (χ1v) is 7.53. The monoisotopic (exact) mass is 289 g/mol. The largest absolute Gasteiger partial charge is 0.468 e. The fraction of sp³-hybridized carbons (Fsp3) is 0.933. The van der Waals surface area contributed by atoms with Crippen molar-refractivity contribution in [2.45, 2.75) is 58.6 Å². The number of methoxy groups -OCH3 is 1. The third-order valence-electron chi connectivity index (χ3n) is 3.18. The predicted molar refractivity (Wildman–Crippen MR) is 79.9 cm³/mol. The molecule has 0 aliphatic carbocycles. The first-order chi connectivity index (χ1) is 9.50. The summed E-state index contributed by atoms with van der Waals surface area (Å²) in [5.41, 5.74) is -0.628. The van der Waals surface area contributed by atoms with Gasteiger partial charge in [-0.25, -0.2) is 0 Å². The Morgan fingerprint density at radius 2 is 2.05 bits per heavy atom. The highest BCUT2D eigenvalue weighted by Crippen LogP contribution is 2.15. The number of ether oxygens (including phenoxy) is 3. The van der Waals surface area contributed by atoms with Gasteiger partial charge < -0.3 is 19.5 Å². The number of carbonyl (C=O) groups excluding carboxylic acids is 1. The molecule has 0 saturated carbocycles. The molecule has 0 fully saturated rings. The molecule has 0 aliphatic rings. The van der Waals surface area contributed by atoms with Gasteiger partial charge in [-0.05, 0) is 46.6 Å². The van der Waals surface area contributed by atoms with Crippen LogP contribution in [-0.2, 0) is 19.0 Å². The van der Waals surface area contributed by atoms with Gasteiger partial charge in [0.05, 0.1) is 19.8 Å². The van der Waals surface area contributed by atoms with E-state index in [1.165, 1.54) is 7.11 Å². The molecule has 2 unspecified atom stereocenters. The van der Waals surface area contributed by atoms with Crippen molar-refractivity contribution in [1.82, 2.24) is 5.32 Å². The Hall–Kier alpha value is -0.650. The minimum absolute atomic E-state index is 0.0860. The van der Waals surface area contributed by atoms with Crippen molar-refractivity contribution < 1.29 is 19.0 Å². The molecule has 2 atom stereocenters. The number of esters is 1. The van der Waals surface area contributed by atoms with E-state index in [-0.39, 0.29) is 12.1 Å². The van der Waals surface area contributed by atoms with Gasteiger partial charge in [-0.15, -0.1) is 0 Å². The minimum atomic E-state index is -0.628. The van der Waals surface area contributed by atoms with Crippen LogP contribution in [0.25, 0.3) is 0 Å². The lowest BCUT2D eigenvalue weighted by atomic mass is 9.96. The predicted octanol–water partition coefficient (Wildman–Crippen LogP) is 2.14. The molecule has 0 rings (SSSR count). The first kappa shape index (κ1) is 19.4. The number of rotatable bonds is 12. The van der Waals surface area contributed by atoms with Crippen LogP contribution in [0, 0.1) is 0 Å². The summed E-state index contributed by atoms with van der Waals surface area (Å²) < 4.78 is 15.8. The van der Waals surface area contributed by atoms with E-state index in [0.29, 0.717) is 26.2 Å². The van der Waals surface area contributed by atoms with Gasteiger partial charge in [-0.1, -0.05) is 6.92 Å². The molecule has 20 heavy (non-hydrogen) atoms. The van der Waals surface area contributed by atoms with E-state index in [1.54, 1.807) is 0 Å². The molecule has 120 valence electrons. The lowest BCUT2D eigenvalue weighted by Gasteiger charge is -2.28. The van der Waals surface area contributed by atoms with Gasteiger partial charge in [-0.2, -0.15) is 0 Å². The van der Waals surface area contributed by atoms with E-state index >= 15 is 0 Å². The van der Waals surface area contributed by atoms with E-state index < -0.39 is 5.54 Å². The first-order valence-electron chi connectivity index (χ1n) is 7.53. The van der Waals surface area contributed by atoms with Crippen LogP contribution in [-0.4, -0.2) is 51.1 Å². The second kappa shape index (κ2) is 11.1. The molecule has 0 aliphatic heterocycles. The zero-order valence-corrected chi connectivity index (χ0v) is 13.7. The summed E-state index contributed by atoms with van der Waals surface area (Å²) in [5.74, 6) is -0.215. The lowest BCUT2D eigenvalue weighted by Crippen LogP contribution is -2.50. The Kier molecular flexibility index (Phi) is 10.7. The third kappa shape index (κ3) is 7.82. The van der Waals surface area contributed by atoms with E-state index in [1.807, 2.05) is 20.8 Å². The van der Waals surface area contributed by atoms with Gasteiger partial charge in [-0.3, -0.25) is 4.79 Å². The van der Waals surface area contributed by atoms with E-state index in [4.69, 9.17) is 14.2 Å². The standard InChI is InChI=1S/C15H31NO4/c1-6-10-16-15(4,14(17)18-5)9-8-11-20-13(3)12-19-7-2/h13,16H,6-12H2,1-5H3. The van der Waals surface area contributed by atoms with Gasteiger partial charge in [0.1, 0.15) is 5.54 Å². The minimum Gasteiger partial charge on any atom is -0.468 e. The van der Waals surface area contributed by atoms with Gasteiger partial charge in [0.25, 0.3) is 0 Å². The Bertz CT molecular complexity index is 260. The Morgan fingerprint density at radius 1 is 1.35 bits per heavy atom. The molecule has 0 aromatic carbocycles. The second-order valence-electron chi connectivity index (χ2n) is 5.19. The van der Waals surface area contributed by atoms with Gasteiger partial charge >= 0.3 is 5.97 Å². The highest BCUT2D eigenvalue weighted by atomic mass is 16.5. The van der Waals surface area contributed by atoms with Crippen LogP contribution in [0.2, 0.25) is 0 Å². The Morgan fingerprint density at radius 3 is 2.60 bits per heavy atom. The van der Waals surface area contributed by atoms with Crippen molar-refractivity contribution in [1.29, 1.82) is 0 Å². The summed E-state index contributed by atoms with van der Waals surface area (Å²) in [5, 5.41) is 3.26. The maximum Gasteiger partial charge on any atom is 0.325 e. The fourth-order valence-electron chi connectivity index (χ4n) is 1.93. The number of hydrogen-bond acceptors (Lipinski definition) is 5. The number of carbonyl (C=O) groups is 1. The molecular weight excluding hydrogens is 258 g/mol. The van der Waals surface area contributed by atoms with Gasteiger partial charge in [0, 0.05) is 13.2 Å². The van der Waals surface area contributed by atoms with E-state index in [9.17, 15) is 4.79 Å². The third-order valence-corrected chi connectivity index (χ3v) is 3.18. The molecular formula is C15H31NO4. The van der Waals surface area contributed by atoms with Crippen molar-refractivity contribution in [3.05, 3.63) is 0 Å². The normalized spacial score (nSPS) is 15.7. The Balaban J connectivity index is 4.04. The molecule has 0 aromatic rings. The van der Waals surface area contributed by atoms with Crippen LogP contribution >= 0.6 is 0 Å². The smallest absolute Gasteiger partial charge is 0.325 e. The van der Waals surface area contributed by atoms with Crippen molar-refractivity contribution >= 4 is 5.97 Å². The van der Waals surface area contributed by atoms with Crippen LogP contribution in [0.4, 0.5) is 0 Å². The maximum atomic E-state index is 11.9. The molecule has 0 radical (unpaired) electrons. The van der Waals surface area contributed by atoms with Crippen LogP contribution in [0.15, 0.2) is 0 Å². The van der Waals surface area contributed by atoms with Crippen LogP contribution in [0.3, 0.4) is 0 Å². The van der Waals surface area contributed by atoms with E-state index in [0.717, 1.165) is 19.4 Å². The molecule has 0 amide bonds. The summed E-state index contributed by atoms with van der Waals surface area (Å²) in [6.07, 6.45) is 2.57. The summed E-state index contributed by atoms with van der Waals surface area (Å²) in [4.78, 5) is 11.9. The van der Waals surface area contributed by atoms with Gasteiger partial charge in [0.15, 0.2) is 0 Å². The molecule has 1 N–H and O–H groups in total. The molecule has 0 spiro atoms. The highest BCUT2D eigenvalue weighted by Gasteiger charge is 2.32. The topological polar surface area (TPSA) is 56.8 Å². The number of nitrogens with one attached hydrogen (secondary N) is 1. The van der Waals surface area contributed by atoms with Crippen molar-refractivity contribution in [2.75, 3.05) is 33.5 Å². The molecule has 0 heterocycles. The molecule has 5 heteroatoms.